The first-order valence-corrected chi connectivity index (χ1v) is 12.6. The molecular weight excluding hydrogens is 458 g/mol. The van der Waals surface area contributed by atoms with Gasteiger partial charge in [-0.05, 0) is 63.5 Å². The molecule has 0 unspecified atom stereocenters. The second-order valence-electron chi connectivity index (χ2n) is 8.88. The van der Waals surface area contributed by atoms with Gasteiger partial charge in [-0.15, -0.1) is 0 Å². The van der Waals surface area contributed by atoms with Gasteiger partial charge in [0.2, 0.25) is 0 Å². The Kier molecular flexibility index (Phi) is 8.06. The van der Waals surface area contributed by atoms with Gasteiger partial charge >= 0.3 is 0 Å². The van der Waals surface area contributed by atoms with Crippen LogP contribution in [-0.2, 0) is 10.0 Å². The van der Waals surface area contributed by atoms with Gasteiger partial charge in [0.1, 0.15) is 17.6 Å². The molecule has 3 rings (SSSR count). The van der Waals surface area contributed by atoms with Crippen LogP contribution in [0.1, 0.15) is 24.2 Å². The Labute approximate surface area is 201 Å². The highest BCUT2D eigenvalue weighted by Crippen LogP contribution is 2.31. The number of methoxy groups -OCH3 is 1. The Hall–Kier alpha value is -2.82. The van der Waals surface area contributed by atoms with Gasteiger partial charge in [-0.3, -0.25) is 9.52 Å². The lowest BCUT2D eigenvalue weighted by atomic mass is 9.99. The minimum atomic E-state index is -3.89. The van der Waals surface area contributed by atoms with E-state index in [1.165, 1.54) is 25.3 Å². The normalized spacial score (nSPS) is 19.6. The molecule has 0 fully saturated rings. The van der Waals surface area contributed by atoms with Crippen molar-refractivity contribution >= 4 is 21.6 Å². The van der Waals surface area contributed by atoms with Gasteiger partial charge in [-0.25, -0.2) is 8.42 Å². The zero-order chi connectivity index (χ0) is 25.0. The number of benzene rings is 2. The van der Waals surface area contributed by atoms with Crippen LogP contribution in [0, 0.1) is 5.92 Å². The van der Waals surface area contributed by atoms with Crippen LogP contribution in [0.2, 0.25) is 0 Å². The number of ether oxygens (including phenoxy) is 2. The molecule has 1 heterocycles. The number of likely N-dealkylation sites (N-methyl/N-ethyl adjacent to an activating group) is 1. The molecule has 0 radical (unpaired) electrons. The van der Waals surface area contributed by atoms with E-state index in [0.717, 1.165) is 0 Å². The highest BCUT2D eigenvalue weighted by molar-refractivity contribution is 7.92. The molecule has 3 atom stereocenters. The van der Waals surface area contributed by atoms with E-state index in [9.17, 15) is 18.3 Å². The van der Waals surface area contributed by atoms with E-state index < -0.39 is 16.1 Å². The average molecular weight is 492 g/mol. The molecule has 1 aliphatic rings. The Morgan fingerprint density at radius 2 is 1.91 bits per heavy atom. The first-order valence-electron chi connectivity index (χ1n) is 11.1. The summed E-state index contributed by atoms with van der Waals surface area (Å²) < 4.78 is 39.6. The Bertz CT molecular complexity index is 1100. The van der Waals surface area contributed by atoms with Gasteiger partial charge < -0.3 is 24.4 Å². The summed E-state index contributed by atoms with van der Waals surface area (Å²) in [4.78, 5) is 17.2. The molecule has 1 aliphatic heterocycles. The third-order valence-corrected chi connectivity index (χ3v) is 7.23. The van der Waals surface area contributed by atoms with Gasteiger partial charge in [0.05, 0.1) is 30.2 Å². The zero-order valence-corrected chi connectivity index (χ0v) is 21.0. The van der Waals surface area contributed by atoms with Crippen molar-refractivity contribution in [3.8, 4) is 11.5 Å². The van der Waals surface area contributed by atoms with E-state index in [2.05, 4.69) is 4.72 Å². The summed E-state index contributed by atoms with van der Waals surface area (Å²) in [5.74, 6) is 0.618. The number of fused-ring (bicyclic) bond motifs is 1. The SMILES string of the molecule is COc1ccc(S(=O)(=O)Nc2ccc3c(c2)C(=O)N([C@H](C)CO)C[C@H](C)[C@H](CN(C)C)O3)cc1. The highest BCUT2D eigenvalue weighted by atomic mass is 32.2. The summed E-state index contributed by atoms with van der Waals surface area (Å²) in [5, 5.41) is 9.75. The largest absolute Gasteiger partial charge is 0.497 e. The van der Waals surface area contributed by atoms with Crippen molar-refractivity contribution in [2.24, 2.45) is 5.92 Å². The third-order valence-electron chi connectivity index (χ3n) is 5.83. The Balaban J connectivity index is 1.98. The Morgan fingerprint density at radius 1 is 1.24 bits per heavy atom. The predicted octanol–water partition coefficient (Wildman–Crippen LogP) is 2.28. The lowest BCUT2D eigenvalue weighted by Gasteiger charge is -2.37. The summed E-state index contributed by atoms with van der Waals surface area (Å²) in [5.41, 5.74) is 0.479. The number of hydrogen-bond acceptors (Lipinski definition) is 7. The number of nitrogens with zero attached hydrogens (tertiary/aromatic N) is 2. The maximum absolute atomic E-state index is 13.5. The molecular formula is C24H33N3O6S. The summed E-state index contributed by atoms with van der Waals surface area (Å²) in [6.45, 7) is 4.66. The molecule has 34 heavy (non-hydrogen) atoms. The van der Waals surface area contributed by atoms with Crippen LogP contribution in [0.5, 0.6) is 11.5 Å². The second-order valence-corrected chi connectivity index (χ2v) is 10.6. The van der Waals surface area contributed by atoms with Gasteiger partial charge in [-0.2, -0.15) is 0 Å². The van der Waals surface area contributed by atoms with Crippen molar-refractivity contribution in [3.63, 3.8) is 0 Å². The van der Waals surface area contributed by atoms with Crippen molar-refractivity contribution in [1.29, 1.82) is 0 Å². The van der Waals surface area contributed by atoms with Crippen LogP contribution in [0.3, 0.4) is 0 Å². The predicted molar refractivity (Wildman–Crippen MR) is 130 cm³/mol. The van der Waals surface area contributed by atoms with Gasteiger partial charge in [-0.1, -0.05) is 6.92 Å². The number of amides is 1. The maximum Gasteiger partial charge on any atom is 0.261 e. The molecule has 0 aromatic heterocycles. The fourth-order valence-electron chi connectivity index (χ4n) is 3.83. The standard InChI is InChI=1S/C24H33N3O6S/c1-16-13-27(17(2)15-28)24(29)21-12-18(6-11-22(21)33-23(16)14-26(3)4)25-34(30,31)20-9-7-19(32-5)8-10-20/h6-12,16-17,23,25,28H,13-15H2,1-5H3/t16-,17+,23-/m0/s1. The molecule has 0 aliphatic carbocycles. The zero-order valence-electron chi connectivity index (χ0n) is 20.2. The summed E-state index contributed by atoms with van der Waals surface area (Å²) in [6.07, 6.45) is -0.197. The first kappa shape index (κ1) is 25.8. The fraction of sp³-hybridized carbons (Fsp3) is 0.458. The quantitative estimate of drug-likeness (QED) is 0.583. The minimum absolute atomic E-state index is 0.0155. The number of carbonyl (C=O) groups excluding carboxylic acids is 1. The number of sulfonamides is 1. The molecule has 9 nitrogen and oxygen atoms in total. The summed E-state index contributed by atoms with van der Waals surface area (Å²) in [7, 11) is 1.52. The van der Waals surface area contributed by atoms with Crippen molar-refractivity contribution < 1.29 is 27.8 Å². The number of hydrogen-bond donors (Lipinski definition) is 2. The molecule has 186 valence electrons. The third kappa shape index (κ3) is 5.81. The highest BCUT2D eigenvalue weighted by Gasteiger charge is 2.33. The van der Waals surface area contributed by atoms with E-state index >= 15 is 0 Å². The van der Waals surface area contributed by atoms with E-state index in [1.54, 1.807) is 36.1 Å². The molecule has 2 aromatic carbocycles. The van der Waals surface area contributed by atoms with E-state index in [4.69, 9.17) is 9.47 Å². The van der Waals surface area contributed by atoms with Crippen molar-refractivity contribution in [3.05, 3.63) is 48.0 Å². The minimum Gasteiger partial charge on any atom is -0.497 e. The number of rotatable bonds is 8. The topological polar surface area (TPSA) is 108 Å². The van der Waals surface area contributed by atoms with Gasteiger partial charge in [0.15, 0.2) is 0 Å². The monoisotopic (exact) mass is 491 g/mol. The van der Waals surface area contributed by atoms with Crippen LogP contribution >= 0.6 is 0 Å². The van der Waals surface area contributed by atoms with Crippen LogP contribution in [0.15, 0.2) is 47.4 Å². The molecule has 0 saturated heterocycles. The lowest BCUT2D eigenvalue weighted by molar-refractivity contribution is 0.0363. The number of aliphatic hydroxyl groups excluding tert-OH is 1. The molecule has 10 heteroatoms. The molecule has 0 spiro atoms. The maximum atomic E-state index is 13.5. The van der Waals surface area contributed by atoms with Crippen LogP contribution in [-0.4, -0.2) is 82.3 Å². The molecule has 0 bridgehead atoms. The van der Waals surface area contributed by atoms with Crippen LogP contribution in [0.4, 0.5) is 5.69 Å². The molecule has 2 N–H and O–H groups in total. The first-order chi connectivity index (χ1) is 16.1. The average Bonchev–Trinajstić information content (AvgIpc) is 2.80. The van der Waals surface area contributed by atoms with Crippen molar-refractivity contribution in [2.75, 3.05) is 45.6 Å². The van der Waals surface area contributed by atoms with E-state index in [-0.39, 0.29) is 40.7 Å². The fourth-order valence-corrected chi connectivity index (χ4v) is 4.88. The summed E-state index contributed by atoms with van der Waals surface area (Å²) in [6, 6.07) is 10.3. The molecule has 0 saturated carbocycles. The number of carbonyl (C=O) groups is 1. The number of aliphatic hydroxyl groups is 1. The van der Waals surface area contributed by atoms with Crippen molar-refractivity contribution in [2.45, 2.75) is 30.9 Å². The smallest absolute Gasteiger partial charge is 0.261 e. The number of nitrogens with one attached hydrogen (secondary N) is 1. The van der Waals surface area contributed by atoms with E-state index in [0.29, 0.717) is 24.6 Å². The Morgan fingerprint density at radius 3 is 2.50 bits per heavy atom. The summed E-state index contributed by atoms with van der Waals surface area (Å²) >= 11 is 0. The lowest BCUT2D eigenvalue weighted by Crippen LogP contribution is -2.49. The van der Waals surface area contributed by atoms with Gasteiger partial charge in [0.25, 0.3) is 15.9 Å². The number of anilines is 1. The molecule has 1 amide bonds. The van der Waals surface area contributed by atoms with Gasteiger partial charge in [0, 0.05) is 24.7 Å². The molecule has 2 aromatic rings. The van der Waals surface area contributed by atoms with E-state index in [1.807, 2.05) is 25.9 Å². The van der Waals surface area contributed by atoms with Crippen molar-refractivity contribution in [1.82, 2.24) is 9.80 Å². The second kappa shape index (κ2) is 10.6. The van der Waals surface area contributed by atoms with Crippen LogP contribution < -0.4 is 14.2 Å². The van der Waals surface area contributed by atoms with Crippen LogP contribution in [0.25, 0.3) is 0 Å².